The third-order valence-electron chi connectivity index (χ3n) is 5.56. The van der Waals surface area contributed by atoms with E-state index >= 15 is 0 Å². The van der Waals surface area contributed by atoms with Crippen molar-refractivity contribution >= 4 is 21.7 Å². The molecule has 1 aromatic heterocycles. The number of carbonyl (C=O) groups excluding carboxylic acids is 1. The molecule has 0 aliphatic carbocycles. The zero-order chi connectivity index (χ0) is 24.3. The molecule has 1 aliphatic rings. The van der Waals surface area contributed by atoms with Gasteiger partial charge >= 0.3 is 6.03 Å². The van der Waals surface area contributed by atoms with Crippen molar-refractivity contribution < 1.29 is 22.7 Å². The summed E-state index contributed by atoms with van der Waals surface area (Å²) in [5.41, 5.74) is 3.05. The Bertz CT molecular complexity index is 1260. The number of hydrogen-bond donors (Lipinski definition) is 3. The Kier molecular flexibility index (Phi) is 6.96. The number of nitrogens with one attached hydrogen (secondary N) is 2. The molecule has 1 aliphatic heterocycles. The summed E-state index contributed by atoms with van der Waals surface area (Å²) in [5.74, 6) is -0.326. The number of rotatable bonds is 7. The fourth-order valence-corrected chi connectivity index (χ4v) is 5.03. The summed E-state index contributed by atoms with van der Waals surface area (Å²) in [6, 6.07) is 11.3. The number of benzene rings is 2. The van der Waals surface area contributed by atoms with Gasteiger partial charge in [0.15, 0.2) is 0 Å². The number of amides is 2. The Balaban J connectivity index is 1.42. The van der Waals surface area contributed by atoms with Crippen molar-refractivity contribution in [2.24, 2.45) is 0 Å². The van der Waals surface area contributed by atoms with Gasteiger partial charge in [0.1, 0.15) is 5.82 Å². The van der Waals surface area contributed by atoms with Crippen LogP contribution < -0.4 is 14.9 Å². The maximum absolute atomic E-state index is 13.3. The summed E-state index contributed by atoms with van der Waals surface area (Å²) in [7, 11) is -3.73. The topological polar surface area (TPSA) is 117 Å². The van der Waals surface area contributed by atoms with E-state index in [1.54, 1.807) is 47.0 Å². The largest absolute Gasteiger partial charge is 0.395 e. The molecule has 0 saturated heterocycles. The lowest BCUT2D eigenvalue weighted by Gasteiger charge is -2.27. The molecule has 3 aromatic rings. The molecule has 0 bridgehead atoms. The van der Waals surface area contributed by atoms with Gasteiger partial charge in [-0.15, -0.1) is 0 Å². The third kappa shape index (κ3) is 5.11. The van der Waals surface area contributed by atoms with E-state index in [1.165, 1.54) is 24.3 Å². The van der Waals surface area contributed by atoms with Gasteiger partial charge in [0.2, 0.25) is 10.0 Å². The van der Waals surface area contributed by atoms with Crippen LogP contribution in [0.2, 0.25) is 0 Å². The van der Waals surface area contributed by atoms with Crippen molar-refractivity contribution in [3.8, 4) is 5.69 Å². The normalized spacial score (nSPS) is 14.5. The van der Waals surface area contributed by atoms with E-state index in [9.17, 15) is 17.6 Å². The van der Waals surface area contributed by atoms with E-state index in [1.807, 2.05) is 0 Å². The number of anilines is 1. The number of carbonyl (C=O) groups is 1. The van der Waals surface area contributed by atoms with E-state index in [4.69, 9.17) is 5.11 Å². The van der Waals surface area contributed by atoms with Gasteiger partial charge in [-0.05, 0) is 61.7 Å². The number of nitrogens with zero attached hydrogens (tertiary/aromatic N) is 3. The second-order valence-corrected chi connectivity index (χ2v) is 9.84. The molecule has 34 heavy (non-hydrogen) atoms. The molecule has 2 heterocycles. The fraction of sp³-hybridized carbons (Fsp3) is 0.304. The lowest BCUT2D eigenvalue weighted by molar-refractivity contribution is 0.245. The Hall–Kier alpha value is -3.28. The highest BCUT2D eigenvalue weighted by Crippen LogP contribution is 2.29. The van der Waals surface area contributed by atoms with Crippen molar-refractivity contribution in [2.75, 3.05) is 18.1 Å². The first-order valence-electron chi connectivity index (χ1n) is 10.9. The van der Waals surface area contributed by atoms with Gasteiger partial charge in [0.05, 0.1) is 34.8 Å². The Morgan fingerprint density at radius 1 is 1.18 bits per heavy atom. The van der Waals surface area contributed by atoms with Crippen LogP contribution in [0.3, 0.4) is 0 Å². The highest BCUT2D eigenvalue weighted by atomic mass is 32.2. The molecule has 2 amide bonds. The third-order valence-corrected chi connectivity index (χ3v) is 7.16. The molecule has 180 valence electrons. The van der Waals surface area contributed by atoms with E-state index in [0.29, 0.717) is 12.2 Å². The van der Waals surface area contributed by atoms with Crippen LogP contribution in [-0.4, -0.2) is 48.5 Å². The number of halogens is 1. The summed E-state index contributed by atoms with van der Waals surface area (Å²) >= 11 is 0. The quantitative estimate of drug-likeness (QED) is 0.473. The van der Waals surface area contributed by atoms with Gasteiger partial charge in [-0.1, -0.05) is 12.1 Å². The number of fused-ring (bicyclic) bond motifs is 1. The molecule has 4 rings (SSSR count). The first-order valence-corrected chi connectivity index (χ1v) is 12.4. The number of hydrogen-bond acceptors (Lipinski definition) is 5. The Morgan fingerprint density at radius 3 is 2.56 bits per heavy atom. The molecule has 0 saturated carbocycles. The van der Waals surface area contributed by atoms with Gasteiger partial charge in [-0.25, -0.2) is 27.0 Å². The summed E-state index contributed by atoms with van der Waals surface area (Å²) in [6.45, 7) is 2.03. The van der Waals surface area contributed by atoms with E-state index < -0.39 is 16.1 Å². The zero-order valence-electron chi connectivity index (χ0n) is 18.6. The van der Waals surface area contributed by atoms with Crippen LogP contribution in [0.25, 0.3) is 5.69 Å². The highest BCUT2D eigenvalue weighted by molar-refractivity contribution is 7.89. The van der Waals surface area contributed by atoms with Gasteiger partial charge in [-0.3, -0.25) is 4.90 Å². The average molecular weight is 488 g/mol. The van der Waals surface area contributed by atoms with E-state index in [-0.39, 0.29) is 29.9 Å². The molecule has 1 atom stereocenters. The predicted octanol–water partition coefficient (Wildman–Crippen LogP) is 2.33. The van der Waals surface area contributed by atoms with Crippen molar-refractivity contribution in [1.82, 2.24) is 19.8 Å². The maximum Gasteiger partial charge on any atom is 0.322 e. The van der Waals surface area contributed by atoms with Crippen LogP contribution in [-0.2, 0) is 23.0 Å². The van der Waals surface area contributed by atoms with Crippen LogP contribution in [0.1, 0.15) is 24.6 Å². The van der Waals surface area contributed by atoms with Crippen molar-refractivity contribution in [3.63, 3.8) is 0 Å². The Morgan fingerprint density at radius 2 is 1.88 bits per heavy atom. The smallest absolute Gasteiger partial charge is 0.322 e. The standard InChI is InChI=1S/C23H26FN5O4S/c1-16(15-30)27-34(32,33)20-10-4-17(5-11-20)13-25-23(31)28-12-2-3-21-22(28)14-26-29(21)19-8-6-18(24)7-9-19/h4-11,14,16,27,30H,2-3,12-13,15H2,1H3,(H,25,31)/t16-/m1/s1. The lowest BCUT2D eigenvalue weighted by Crippen LogP contribution is -2.42. The first kappa shape index (κ1) is 23.9. The maximum atomic E-state index is 13.3. The summed E-state index contributed by atoms with van der Waals surface area (Å²) in [5, 5.41) is 16.3. The molecular formula is C23H26FN5O4S. The molecule has 0 fully saturated rings. The number of aliphatic hydroxyl groups excluding tert-OH is 1. The van der Waals surface area contributed by atoms with Crippen molar-refractivity contribution in [2.45, 2.75) is 37.2 Å². The average Bonchev–Trinajstić information content (AvgIpc) is 3.27. The van der Waals surface area contributed by atoms with E-state index in [0.717, 1.165) is 29.8 Å². The molecule has 3 N–H and O–H groups in total. The number of sulfonamides is 1. The second-order valence-electron chi connectivity index (χ2n) is 8.13. The van der Waals surface area contributed by atoms with Gasteiger partial charge in [0.25, 0.3) is 0 Å². The monoisotopic (exact) mass is 487 g/mol. The van der Waals surface area contributed by atoms with Gasteiger partial charge in [0, 0.05) is 19.1 Å². The fourth-order valence-electron chi connectivity index (χ4n) is 3.80. The molecule has 11 heteroatoms. The van der Waals surface area contributed by atoms with Crippen LogP contribution in [0.4, 0.5) is 14.9 Å². The second kappa shape index (κ2) is 9.92. The summed E-state index contributed by atoms with van der Waals surface area (Å²) < 4.78 is 42.0. The van der Waals surface area contributed by atoms with Gasteiger partial charge in [-0.2, -0.15) is 5.10 Å². The van der Waals surface area contributed by atoms with Gasteiger partial charge < -0.3 is 10.4 Å². The summed E-state index contributed by atoms with van der Waals surface area (Å²) in [4.78, 5) is 14.6. The SMILES string of the molecule is C[C@H](CO)NS(=O)(=O)c1ccc(CNC(=O)N2CCCc3c2cnn3-c2ccc(F)cc2)cc1. The minimum atomic E-state index is -3.73. The zero-order valence-corrected chi connectivity index (χ0v) is 19.4. The van der Waals surface area contributed by atoms with E-state index in [2.05, 4.69) is 15.1 Å². The molecule has 0 spiro atoms. The number of aliphatic hydroxyl groups is 1. The van der Waals surface area contributed by atoms with Crippen molar-refractivity contribution in [3.05, 3.63) is 71.8 Å². The van der Waals surface area contributed by atoms with Crippen LogP contribution in [0.5, 0.6) is 0 Å². The molecule has 0 unspecified atom stereocenters. The minimum absolute atomic E-state index is 0.0803. The van der Waals surface area contributed by atoms with Crippen molar-refractivity contribution in [1.29, 1.82) is 0 Å². The molecule has 0 radical (unpaired) electrons. The lowest BCUT2D eigenvalue weighted by atomic mass is 10.1. The number of aromatic nitrogens is 2. The molecule has 2 aromatic carbocycles. The number of urea groups is 1. The molecular weight excluding hydrogens is 461 g/mol. The summed E-state index contributed by atoms with van der Waals surface area (Å²) in [6.07, 6.45) is 3.14. The van der Waals surface area contributed by atoms with Crippen LogP contribution in [0.15, 0.2) is 59.6 Å². The minimum Gasteiger partial charge on any atom is -0.395 e. The Labute approximate surface area is 197 Å². The van der Waals surface area contributed by atoms with Crippen LogP contribution >= 0.6 is 0 Å². The van der Waals surface area contributed by atoms with Crippen LogP contribution in [0, 0.1) is 5.82 Å². The molecule has 9 nitrogen and oxygen atoms in total. The predicted molar refractivity (Wildman–Crippen MR) is 125 cm³/mol. The highest BCUT2D eigenvalue weighted by Gasteiger charge is 2.26. The first-order chi connectivity index (χ1) is 16.3.